The van der Waals surface area contributed by atoms with E-state index in [-0.39, 0.29) is 33.0 Å². The first-order valence-electron chi connectivity index (χ1n) is 9.46. The number of benzene rings is 3. The van der Waals surface area contributed by atoms with E-state index in [1.807, 2.05) is 25.1 Å². The number of nitrogens with zero attached hydrogens (tertiary/aromatic N) is 4. The Morgan fingerprint density at radius 2 is 1.27 bits per heavy atom. The first-order valence-corrected chi connectivity index (χ1v) is 9.46. The lowest BCUT2D eigenvalue weighted by Crippen LogP contribution is -2.19. The minimum atomic E-state index is -4.59. The van der Waals surface area contributed by atoms with Crippen LogP contribution in [0, 0.1) is 42.7 Å². The average Bonchev–Trinajstić information content (AvgIpc) is 2.80. The van der Waals surface area contributed by atoms with Crippen LogP contribution in [0.3, 0.4) is 0 Å². The minimum Gasteiger partial charge on any atom is -0.226 e. The maximum atomic E-state index is 13.3. The second kappa shape index (κ2) is 9.11. The lowest BCUT2D eigenvalue weighted by atomic mass is 9.93. The molecule has 0 heterocycles. The lowest BCUT2D eigenvalue weighted by Gasteiger charge is -2.13. The summed E-state index contributed by atoms with van der Waals surface area (Å²) in [5.41, 5.74) is 0.752. The monoisotopic (exact) mass is 438 g/mol. The topological polar surface area (TPSA) is 56.3 Å². The average molecular weight is 438 g/mol. The largest absolute Gasteiger partial charge is 0.416 e. The molecular weight excluding hydrogens is 425 g/mol. The van der Waals surface area contributed by atoms with Crippen LogP contribution in [0.5, 0.6) is 0 Å². The van der Waals surface area contributed by atoms with Crippen LogP contribution < -0.4 is 10.4 Å². The number of aryl methyl sites for hydroxylation is 1. The minimum absolute atomic E-state index is 0.107. The third-order valence-corrected chi connectivity index (χ3v) is 4.93. The van der Waals surface area contributed by atoms with E-state index in [1.54, 1.807) is 18.2 Å². The number of nitriles is 2. The van der Waals surface area contributed by atoms with Gasteiger partial charge in [0.25, 0.3) is 11.4 Å². The Balaban J connectivity index is 2.59. The van der Waals surface area contributed by atoms with Crippen molar-refractivity contribution in [3.05, 3.63) is 105 Å². The van der Waals surface area contributed by atoms with Gasteiger partial charge >= 0.3 is 6.18 Å². The van der Waals surface area contributed by atoms with Gasteiger partial charge in [0, 0.05) is 0 Å². The molecule has 0 aliphatic rings. The summed E-state index contributed by atoms with van der Waals surface area (Å²) in [4.78, 5) is 6.54. The van der Waals surface area contributed by atoms with Crippen LogP contribution >= 0.6 is 0 Å². The number of rotatable bonds is 2. The molecule has 0 amide bonds. The molecule has 0 fully saturated rings. The van der Waals surface area contributed by atoms with Gasteiger partial charge in [-0.1, -0.05) is 54.1 Å². The SMILES string of the molecule is [C-]#[N+]/C(C#N)=c1/cc(-c2cccc(C(F)(F)F)c2)/c(=C(\C#N)[N+]#[C-])cc1-c1cccc(C)c1. The van der Waals surface area contributed by atoms with E-state index in [9.17, 15) is 23.7 Å². The molecule has 33 heavy (non-hydrogen) atoms. The van der Waals surface area contributed by atoms with Crippen molar-refractivity contribution in [3.8, 4) is 34.4 Å². The fraction of sp³-hybridized carbons (Fsp3) is 0.0769. The number of halogens is 3. The van der Waals surface area contributed by atoms with Crippen molar-refractivity contribution in [2.45, 2.75) is 13.1 Å². The van der Waals surface area contributed by atoms with Crippen LogP contribution in [0.25, 0.3) is 43.3 Å². The van der Waals surface area contributed by atoms with Crippen LogP contribution in [-0.4, -0.2) is 0 Å². The van der Waals surface area contributed by atoms with Gasteiger partial charge in [0.2, 0.25) is 0 Å². The molecule has 0 aliphatic carbocycles. The number of alkyl halides is 3. The molecule has 0 radical (unpaired) electrons. The van der Waals surface area contributed by atoms with Crippen molar-refractivity contribution in [2.24, 2.45) is 0 Å². The van der Waals surface area contributed by atoms with Crippen LogP contribution in [0.2, 0.25) is 0 Å². The summed E-state index contributed by atoms with van der Waals surface area (Å²) in [5, 5.41) is 19.4. The van der Waals surface area contributed by atoms with Crippen molar-refractivity contribution in [2.75, 3.05) is 0 Å². The summed E-state index contributed by atoms with van der Waals surface area (Å²) in [6.07, 6.45) is -4.59. The van der Waals surface area contributed by atoms with Crippen LogP contribution in [0.4, 0.5) is 13.2 Å². The number of hydrogen-bond donors (Lipinski definition) is 0. The quantitative estimate of drug-likeness (QED) is 0.500. The zero-order chi connectivity index (χ0) is 24.2. The third-order valence-electron chi connectivity index (χ3n) is 4.93. The fourth-order valence-electron chi connectivity index (χ4n) is 3.44. The smallest absolute Gasteiger partial charge is 0.226 e. The van der Waals surface area contributed by atoms with Gasteiger partial charge < -0.3 is 0 Å². The van der Waals surface area contributed by atoms with E-state index in [0.29, 0.717) is 11.1 Å². The highest BCUT2D eigenvalue weighted by Gasteiger charge is 2.30. The second-order valence-corrected chi connectivity index (χ2v) is 7.04. The van der Waals surface area contributed by atoms with Gasteiger partial charge in [-0.2, -0.15) is 13.2 Å². The molecule has 0 bridgehead atoms. The van der Waals surface area contributed by atoms with Crippen molar-refractivity contribution in [1.82, 2.24) is 0 Å². The summed E-state index contributed by atoms with van der Waals surface area (Å²) in [7, 11) is 0. The zero-order valence-corrected chi connectivity index (χ0v) is 17.2. The predicted molar refractivity (Wildman–Crippen MR) is 118 cm³/mol. The van der Waals surface area contributed by atoms with E-state index < -0.39 is 11.7 Å². The Morgan fingerprint density at radius 1 is 0.788 bits per heavy atom. The third kappa shape index (κ3) is 4.59. The predicted octanol–water partition coefficient (Wildman–Crippen LogP) is 5.45. The molecule has 0 aliphatic heterocycles. The van der Waals surface area contributed by atoms with Crippen LogP contribution in [-0.2, 0) is 6.18 Å². The first-order chi connectivity index (χ1) is 15.7. The maximum Gasteiger partial charge on any atom is 0.416 e. The van der Waals surface area contributed by atoms with Gasteiger partial charge in [-0.3, -0.25) is 0 Å². The molecule has 0 unspecified atom stereocenters. The number of hydrogen-bond acceptors (Lipinski definition) is 2. The van der Waals surface area contributed by atoms with Crippen LogP contribution in [0.1, 0.15) is 11.1 Å². The molecule has 3 rings (SSSR count). The zero-order valence-electron chi connectivity index (χ0n) is 17.2. The molecule has 7 heteroatoms. The maximum absolute atomic E-state index is 13.3. The Bertz CT molecular complexity index is 1520. The molecule has 3 aromatic rings. The van der Waals surface area contributed by atoms with Crippen LogP contribution in [0.15, 0.2) is 60.7 Å². The summed E-state index contributed by atoms with van der Waals surface area (Å²) in [5.74, 6) is 0. The van der Waals surface area contributed by atoms with Gasteiger partial charge in [-0.15, -0.1) is 0 Å². The summed E-state index contributed by atoms with van der Waals surface area (Å²) >= 11 is 0. The molecule has 158 valence electrons. The van der Waals surface area contributed by atoms with E-state index in [1.165, 1.54) is 24.3 Å². The van der Waals surface area contributed by atoms with E-state index in [2.05, 4.69) is 9.69 Å². The molecule has 0 spiro atoms. The Kier molecular flexibility index (Phi) is 6.30. The molecule has 0 atom stereocenters. The van der Waals surface area contributed by atoms with Gasteiger partial charge in [0.15, 0.2) is 0 Å². The lowest BCUT2D eigenvalue weighted by molar-refractivity contribution is -0.137. The summed E-state index contributed by atoms with van der Waals surface area (Å²) in [6, 6.07) is 18.2. The highest BCUT2D eigenvalue weighted by Crippen LogP contribution is 2.32. The Hall–Kier alpha value is -4.85. The summed E-state index contributed by atoms with van der Waals surface area (Å²) < 4.78 is 40.0. The van der Waals surface area contributed by atoms with Gasteiger partial charge in [0.1, 0.15) is 0 Å². The molecular formula is C26H13F3N4. The molecule has 0 saturated heterocycles. The van der Waals surface area contributed by atoms with E-state index in [4.69, 9.17) is 13.1 Å². The standard InChI is InChI=1S/C26H13F3N4/c1-16-6-4-7-17(10-16)20-12-23(25(15-31)33-3)21(13-22(20)24(14-30)32-2)18-8-5-9-19(11-18)26(27,28)29/h4-13H,1H3/b24-22-,25-23+. The highest BCUT2D eigenvalue weighted by molar-refractivity contribution is 5.82. The van der Waals surface area contributed by atoms with Crippen molar-refractivity contribution in [1.29, 1.82) is 10.5 Å². The van der Waals surface area contributed by atoms with Gasteiger partial charge in [-0.25, -0.2) is 20.2 Å². The van der Waals surface area contributed by atoms with Gasteiger partial charge in [-0.05, 0) is 51.7 Å². The molecule has 0 aromatic heterocycles. The Morgan fingerprint density at radius 3 is 1.70 bits per heavy atom. The highest BCUT2D eigenvalue weighted by atomic mass is 19.4. The molecule has 0 saturated carbocycles. The normalized spacial score (nSPS) is 12.5. The van der Waals surface area contributed by atoms with Crippen molar-refractivity contribution >= 4 is 11.4 Å². The van der Waals surface area contributed by atoms with E-state index in [0.717, 1.165) is 17.7 Å². The fourth-order valence-corrected chi connectivity index (χ4v) is 3.44. The summed E-state index contributed by atoms with van der Waals surface area (Å²) in [6.45, 7) is 16.7. The van der Waals surface area contributed by atoms with Crippen molar-refractivity contribution < 1.29 is 13.2 Å². The second-order valence-electron chi connectivity index (χ2n) is 7.04. The van der Waals surface area contributed by atoms with Gasteiger partial charge in [0.05, 0.1) is 30.8 Å². The Labute approximate surface area is 188 Å². The first kappa shape index (κ1) is 22.8. The van der Waals surface area contributed by atoms with Crippen molar-refractivity contribution in [3.63, 3.8) is 0 Å². The molecule has 3 aromatic carbocycles. The van der Waals surface area contributed by atoms with E-state index >= 15 is 0 Å². The molecule has 4 nitrogen and oxygen atoms in total. The molecule has 0 N–H and O–H groups in total.